The monoisotopic (exact) mass is 292 g/mol. The minimum atomic E-state index is -1.26. The third-order valence-corrected chi connectivity index (χ3v) is 3.77. The molecule has 20 heavy (non-hydrogen) atoms. The molecule has 0 saturated carbocycles. The van der Waals surface area contributed by atoms with Crippen LogP contribution in [0.5, 0.6) is 5.75 Å². The highest BCUT2D eigenvalue weighted by molar-refractivity contribution is 7.98. The highest BCUT2D eigenvalue weighted by Crippen LogP contribution is 2.26. The van der Waals surface area contributed by atoms with Gasteiger partial charge in [-0.05, 0) is 35.9 Å². The smallest absolute Gasteiger partial charge is 0.338 e. The summed E-state index contributed by atoms with van der Waals surface area (Å²) in [6, 6.07) is 11.7. The third-order valence-electron chi connectivity index (χ3n) is 2.71. The number of carbonyl (C=O) groups is 1. The summed E-state index contributed by atoms with van der Waals surface area (Å²) in [5.74, 6) is -0.551. The van der Waals surface area contributed by atoms with Crippen molar-refractivity contribution in [2.75, 3.05) is 7.11 Å². The van der Waals surface area contributed by atoms with Gasteiger partial charge >= 0.3 is 5.97 Å². The van der Waals surface area contributed by atoms with Crippen molar-refractivity contribution < 1.29 is 19.0 Å². The van der Waals surface area contributed by atoms with Gasteiger partial charge in [-0.1, -0.05) is 12.1 Å². The zero-order valence-electron chi connectivity index (χ0n) is 10.8. The Morgan fingerprint density at radius 3 is 2.80 bits per heavy atom. The van der Waals surface area contributed by atoms with Crippen LogP contribution in [0.4, 0.5) is 4.39 Å². The minimum absolute atomic E-state index is 0.305. The average Bonchev–Trinajstić information content (AvgIpc) is 2.46. The standard InChI is InChI=1S/C15H13FO3S/c1-19-11-4-2-3-10(7-11)9-20-12-5-6-14(16)13(8-12)15(17)18/h2-8H,9H2,1H3,(H,17,18). The highest BCUT2D eigenvalue weighted by Gasteiger charge is 2.11. The van der Waals surface area contributed by atoms with Gasteiger partial charge in [0.05, 0.1) is 12.7 Å². The molecule has 5 heteroatoms. The molecule has 0 spiro atoms. The summed E-state index contributed by atoms with van der Waals surface area (Å²) in [6.07, 6.45) is 0. The molecule has 0 aliphatic rings. The van der Waals surface area contributed by atoms with Crippen molar-refractivity contribution >= 4 is 17.7 Å². The van der Waals surface area contributed by atoms with Gasteiger partial charge in [0.25, 0.3) is 0 Å². The Kier molecular flexibility index (Phi) is 4.63. The van der Waals surface area contributed by atoms with Crippen molar-refractivity contribution in [1.82, 2.24) is 0 Å². The molecule has 0 fully saturated rings. The molecule has 0 bridgehead atoms. The molecule has 0 aromatic heterocycles. The van der Waals surface area contributed by atoms with Gasteiger partial charge in [0.15, 0.2) is 0 Å². The van der Waals surface area contributed by atoms with E-state index in [1.165, 1.54) is 23.9 Å². The lowest BCUT2D eigenvalue weighted by atomic mass is 10.2. The van der Waals surface area contributed by atoms with Crippen LogP contribution in [0.3, 0.4) is 0 Å². The number of rotatable bonds is 5. The third kappa shape index (κ3) is 3.51. The lowest BCUT2D eigenvalue weighted by Crippen LogP contribution is -2.00. The molecule has 0 atom stereocenters. The predicted molar refractivity (Wildman–Crippen MR) is 75.9 cm³/mol. The van der Waals surface area contributed by atoms with Crippen LogP contribution in [0, 0.1) is 5.82 Å². The summed E-state index contributed by atoms with van der Waals surface area (Å²) in [4.78, 5) is 11.6. The van der Waals surface area contributed by atoms with Gasteiger partial charge in [-0.15, -0.1) is 11.8 Å². The van der Waals surface area contributed by atoms with E-state index in [-0.39, 0.29) is 5.56 Å². The molecule has 0 heterocycles. The first-order chi connectivity index (χ1) is 9.60. The molecule has 1 N–H and O–H groups in total. The second-order valence-electron chi connectivity index (χ2n) is 4.09. The molecule has 3 nitrogen and oxygen atoms in total. The van der Waals surface area contributed by atoms with E-state index >= 15 is 0 Å². The second kappa shape index (κ2) is 6.43. The molecule has 0 unspecified atom stereocenters. The second-order valence-corrected chi connectivity index (χ2v) is 5.14. The Balaban J connectivity index is 2.10. The number of benzene rings is 2. The molecule has 104 valence electrons. The minimum Gasteiger partial charge on any atom is -0.497 e. The Bertz CT molecular complexity index is 628. The summed E-state index contributed by atoms with van der Waals surface area (Å²) in [5, 5.41) is 8.88. The first-order valence-electron chi connectivity index (χ1n) is 5.88. The number of aromatic carboxylic acids is 1. The van der Waals surface area contributed by atoms with Crippen molar-refractivity contribution in [3.8, 4) is 5.75 Å². The number of hydrogen-bond donors (Lipinski definition) is 1. The Morgan fingerprint density at radius 1 is 1.30 bits per heavy atom. The molecule has 2 rings (SSSR count). The molecule has 2 aromatic rings. The average molecular weight is 292 g/mol. The zero-order valence-corrected chi connectivity index (χ0v) is 11.6. The van der Waals surface area contributed by atoms with Crippen molar-refractivity contribution in [2.24, 2.45) is 0 Å². The summed E-state index contributed by atoms with van der Waals surface area (Å²) < 4.78 is 18.4. The molecular weight excluding hydrogens is 279 g/mol. The summed E-state index contributed by atoms with van der Waals surface area (Å²) in [7, 11) is 1.60. The van der Waals surface area contributed by atoms with Crippen LogP contribution in [0.1, 0.15) is 15.9 Å². The van der Waals surface area contributed by atoms with E-state index < -0.39 is 11.8 Å². The van der Waals surface area contributed by atoms with Crippen LogP contribution in [-0.4, -0.2) is 18.2 Å². The van der Waals surface area contributed by atoms with Gasteiger partial charge in [-0.3, -0.25) is 0 Å². The van der Waals surface area contributed by atoms with Crippen LogP contribution in [0.25, 0.3) is 0 Å². The van der Waals surface area contributed by atoms with Crippen molar-refractivity contribution in [2.45, 2.75) is 10.6 Å². The van der Waals surface area contributed by atoms with Crippen molar-refractivity contribution in [3.05, 3.63) is 59.4 Å². The van der Waals surface area contributed by atoms with Crippen LogP contribution >= 0.6 is 11.8 Å². The fraction of sp³-hybridized carbons (Fsp3) is 0.133. The van der Waals surface area contributed by atoms with Crippen LogP contribution in [-0.2, 0) is 5.75 Å². The number of carboxylic acid groups (broad SMARTS) is 1. The maximum Gasteiger partial charge on any atom is 0.338 e. The van der Waals surface area contributed by atoms with E-state index in [2.05, 4.69) is 0 Å². The van der Waals surface area contributed by atoms with Crippen LogP contribution in [0.15, 0.2) is 47.4 Å². The summed E-state index contributed by atoms with van der Waals surface area (Å²) in [5.41, 5.74) is 0.746. The van der Waals surface area contributed by atoms with E-state index in [0.29, 0.717) is 10.6 Å². The van der Waals surface area contributed by atoms with E-state index in [1.807, 2.05) is 24.3 Å². The lowest BCUT2D eigenvalue weighted by Gasteiger charge is -2.06. The van der Waals surface area contributed by atoms with Crippen LogP contribution in [0.2, 0.25) is 0 Å². The van der Waals surface area contributed by atoms with Gasteiger partial charge in [-0.2, -0.15) is 0 Å². The number of carboxylic acids is 1. The molecule has 0 saturated heterocycles. The van der Waals surface area contributed by atoms with E-state index in [9.17, 15) is 9.18 Å². The number of halogens is 1. The van der Waals surface area contributed by atoms with Gasteiger partial charge < -0.3 is 9.84 Å². The number of thioether (sulfide) groups is 1. The largest absolute Gasteiger partial charge is 0.497 e. The Morgan fingerprint density at radius 2 is 2.10 bits per heavy atom. The Hall–Kier alpha value is -2.01. The SMILES string of the molecule is COc1cccc(CSc2ccc(F)c(C(=O)O)c2)c1. The normalized spacial score (nSPS) is 10.3. The molecule has 0 aliphatic carbocycles. The molecular formula is C15H13FO3S. The molecule has 0 radical (unpaired) electrons. The van der Waals surface area contributed by atoms with Gasteiger partial charge in [-0.25, -0.2) is 9.18 Å². The Labute approximate surface area is 120 Å². The van der Waals surface area contributed by atoms with E-state index in [1.54, 1.807) is 13.2 Å². The topological polar surface area (TPSA) is 46.5 Å². The van der Waals surface area contributed by atoms with Gasteiger partial charge in [0.1, 0.15) is 11.6 Å². The van der Waals surface area contributed by atoms with Gasteiger partial charge in [0.2, 0.25) is 0 Å². The lowest BCUT2D eigenvalue weighted by molar-refractivity contribution is 0.0691. The van der Waals surface area contributed by atoms with Crippen molar-refractivity contribution in [3.63, 3.8) is 0 Å². The van der Waals surface area contributed by atoms with E-state index in [0.717, 1.165) is 11.3 Å². The zero-order chi connectivity index (χ0) is 14.5. The summed E-state index contributed by atoms with van der Waals surface area (Å²) in [6.45, 7) is 0. The molecule has 0 aliphatic heterocycles. The fourth-order valence-electron chi connectivity index (χ4n) is 1.69. The number of methoxy groups -OCH3 is 1. The van der Waals surface area contributed by atoms with E-state index in [4.69, 9.17) is 9.84 Å². The summed E-state index contributed by atoms with van der Waals surface area (Å²) >= 11 is 1.45. The first-order valence-corrected chi connectivity index (χ1v) is 6.87. The predicted octanol–water partition coefficient (Wildman–Crippen LogP) is 3.82. The molecule has 0 amide bonds. The fourth-order valence-corrected chi connectivity index (χ4v) is 2.57. The number of ether oxygens (including phenoxy) is 1. The van der Waals surface area contributed by atoms with Crippen LogP contribution < -0.4 is 4.74 Å². The first kappa shape index (κ1) is 14.4. The number of hydrogen-bond acceptors (Lipinski definition) is 3. The van der Waals surface area contributed by atoms with Gasteiger partial charge in [0, 0.05) is 10.6 Å². The van der Waals surface area contributed by atoms with Crippen molar-refractivity contribution in [1.29, 1.82) is 0 Å². The maximum absolute atomic E-state index is 13.3. The quantitative estimate of drug-likeness (QED) is 0.851. The maximum atomic E-state index is 13.3. The highest BCUT2D eigenvalue weighted by atomic mass is 32.2. The molecule has 2 aromatic carbocycles.